The van der Waals surface area contributed by atoms with Gasteiger partial charge in [0.2, 0.25) is 0 Å². The third kappa shape index (κ3) is 4.55. The maximum Gasteiger partial charge on any atom is 0.271 e. The Hall–Kier alpha value is -2.71. The van der Waals surface area contributed by atoms with Crippen LogP contribution in [-0.4, -0.2) is 18.0 Å². The molecule has 0 unspecified atom stereocenters. The van der Waals surface area contributed by atoms with Crippen molar-refractivity contribution in [3.05, 3.63) is 85.3 Å². The lowest BCUT2D eigenvalue weighted by Gasteiger charge is -2.05. The zero-order chi connectivity index (χ0) is 21.1. The molecule has 5 nitrogen and oxygen atoms in total. The van der Waals surface area contributed by atoms with Crippen LogP contribution in [0.1, 0.15) is 24.9 Å². The fourth-order valence-corrected chi connectivity index (χ4v) is 4.93. The van der Waals surface area contributed by atoms with Crippen LogP contribution in [0.2, 0.25) is 10.0 Å². The average Bonchev–Trinajstić information content (AvgIpc) is 3.36. The maximum atomic E-state index is 12.6. The maximum absolute atomic E-state index is 12.6. The van der Waals surface area contributed by atoms with Crippen molar-refractivity contribution >= 4 is 79.7 Å². The summed E-state index contributed by atoms with van der Waals surface area (Å²) < 4.78 is 0.841. The van der Waals surface area contributed by atoms with E-state index in [0.29, 0.717) is 26.2 Å². The molecule has 0 aliphatic rings. The summed E-state index contributed by atoms with van der Waals surface area (Å²) in [6, 6.07) is 15.6. The molecule has 0 bridgehead atoms. The summed E-state index contributed by atoms with van der Waals surface area (Å²) in [5.74, 6) is -0.666. The molecule has 2 heterocycles. The number of halogens is 2. The molecule has 9 heteroatoms. The van der Waals surface area contributed by atoms with Gasteiger partial charge in [0.25, 0.3) is 11.8 Å². The molecule has 4 aromatic rings. The van der Waals surface area contributed by atoms with Crippen molar-refractivity contribution in [1.82, 2.24) is 5.43 Å². The summed E-state index contributed by atoms with van der Waals surface area (Å²) in [5, 5.41) is 10.4. The van der Waals surface area contributed by atoms with Gasteiger partial charge in [-0.25, -0.2) is 5.43 Å². The predicted octanol–water partition coefficient (Wildman–Crippen LogP) is 6.29. The normalized spacial score (nSPS) is 11.1. The number of benzene rings is 2. The number of hydrazone groups is 1. The lowest BCUT2D eigenvalue weighted by Crippen LogP contribution is -2.17. The van der Waals surface area contributed by atoms with Gasteiger partial charge in [-0.2, -0.15) is 5.10 Å². The number of nitrogens with one attached hydrogen (secondary N) is 2. The molecule has 2 N–H and O–H groups in total. The van der Waals surface area contributed by atoms with E-state index < -0.39 is 0 Å². The van der Waals surface area contributed by atoms with Gasteiger partial charge in [0, 0.05) is 31.2 Å². The third-order valence-electron chi connectivity index (χ3n) is 4.10. The van der Waals surface area contributed by atoms with E-state index in [1.54, 1.807) is 48.7 Å². The summed E-state index contributed by atoms with van der Waals surface area (Å²) in [6.45, 7) is 0. The number of anilines is 1. The van der Waals surface area contributed by atoms with Crippen molar-refractivity contribution in [2.45, 2.75) is 0 Å². The summed E-state index contributed by atoms with van der Waals surface area (Å²) in [6.07, 6.45) is 1.58. The molecule has 0 saturated carbocycles. The minimum atomic E-state index is -0.342. The molecule has 4 rings (SSSR count). The fourth-order valence-electron chi connectivity index (χ4n) is 2.66. The van der Waals surface area contributed by atoms with E-state index in [0.717, 1.165) is 15.0 Å². The quantitative estimate of drug-likeness (QED) is 0.264. The molecule has 0 fully saturated rings. The van der Waals surface area contributed by atoms with Crippen LogP contribution in [0.4, 0.5) is 5.69 Å². The molecular weight excluding hydrogens is 461 g/mol. The number of thiophene rings is 2. The number of amides is 2. The van der Waals surface area contributed by atoms with Crippen LogP contribution in [0, 0.1) is 0 Å². The zero-order valence-electron chi connectivity index (χ0n) is 15.2. The molecule has 0 aliphatic heterocycles. The smallest absolute Gasteiger partial charge is 0.271 e. The summed E-state index contributed by atoms with van der Waals surface area (Å²) >= 11 is 15.2. The van der Waals surface area contributed by atoms with E-state index in [-0.39, 0.29) is 11.8 Å². The topological polar surface area (TPSA) is 70.6 Å². The van der Waals surface area contributed by atoms with Crippen molar-refractivity contribution < 1.29 is 9.59 Å². The number of carbonyl (C=O) groups excluding carboxylic acids is 2. The standard InChI is InChI=1S/C21H13Cl2N3O2S2/c22-13-5-8-16-17(10-13)30-19(18(16)23)21(28)25-14-6-3-12(4-7-14)20(27)26-24-11-15-2-1-9-29-15/h1-11H,(H,25,28)(H,26,27)/b24-11-. The Morgan fingerprint density at radius 1 is 1.00 bits per heavy atom. The SMILES string of the molecule is O=C(N/N=C\c1cccs1)c1ccc(NC(=O)c2sc3cc(Cl)ccc3c2Cl)cc1. The molecule has 2 amide bonds. The highest BCUT2D eigenvalue weighted by Gasteiger charge is 2.17. The average molecular weight is 474 g/mol. The Balaban J connectivity index is 1.42. The Bertz CT molecular complexity index is 1250. The van der Waals surface area contributed by atoms with Gasteiger partial charge in [-0.15, -0.1) is 22.7 Å². The number of carbonyl (C=O) groups is 2. The van der Waals surface area contributed by atoms with Crippen molar-refractivity contribution in [3.8, 4) is 0 Å². The number of nitrogens with zero attached hydrogens (tertiary/aromatic N) is 1. The number of hydrogen-bond acceptors (Lipinski definition) is 5. The Morgan fingerprint density at radius 2 is 1.80 bits per heavy atom. The van der Waals surface area contributed by atoms with E-state index in [1.165, 1.54) is 22.7 Å². The van der Waals surface area contributed by atoms with E-state index in [1.807, 2.05) is 17.5 Å². The van der Waals surface area contributed by atoms with Crippen molar-refractivity contribution in [1.29, 1.82) is 0 Å². The largest absolute Gasteiger partial charge is 0.321 e. The highest BCUT2D eigenvalue weighted by molar-refractivity contribution is 7.21. The first-order chi connectivity index (χ1) is 14.5. The molecule has 150 valence electrons. The third-order valence-corrected chi connectivity index (χ3v) is 6.80. The summed E-state index contributed by atoms with van der Waals surface area (Å²) in [4.78, 5) is 26.2. The van der Waals surface area contributed by atoms with Crippen molar-refractivity contribution in [2.75, 3.05) is 5.32 Å². The highest BCUT2D eigenvalue weighted by atomic mass is 35.5. The fraction of sp³-hybridized carbons (Fsp3) is 0. The lowest BCUT2D eigenvalue weighted by molar-refractivity contribution is 0.0954. The second kappa shape index (κ2) is 8.97. The van der Waals surface area contributed by atoms with Crippen molar-refractivity contribution in [3.63, 3.8) is 0 Å². The molecule has 0 atom stereocenters. The van der Waals surface area contributed by atoms with E-state index in [9.17, 15) is 9.59 Å². The Morgan fingerprint density at radius 3 is 2.53 bits per heavy atom. The first-order valence-electron chi connectivity index (χ1n) is 8.67. The van der Waals surface area contributed by atoms with Crippen LogP contribution >= 0.6 is 45.9 Å². The van der Waals surface area contributed by atoms with Gasteiger partial charge >= 0.3 is 0 Å². The van der Waals surface area contributed by atoms with Gasteiger partial charge in [0.1, 0.15) is 4.88 Å². The zero-order valence-corrected chi connectivity index (χ0v) is 18.3. The second-order valence-electron chi connectivity index (χ2n) is 6.13. The Kier molecular flexibility index (Phi) is 6.15. The molecule has 0 saturated heterocycles. The minimum absolute atomic E-state index is 0.324. The predicted molar refractivity (Wildman–Crippen MR) is 126 cm³/mol. The summed E-state index contributed by atoms with van der Waals surface area (Å²) in [7, 11) is 0. The molecule has 2 aromatic carbocycles. The van der Waals surface area contributed by atoms with Crippen LogP contribution < -0.4 is 10.7 Å². The Labute approximate surface area is 189 Å². The van der Waals surface area contributed by atoms with Gasteiger partial charge in [0.15, 0.2) is 0 Å². The minimum Gasteiger partial charge on any atom is -0.321 e. The monoisotopic (exact) mass is 473 g/mol. The van der Waals surface area contributed by atoms with Crippen LogP contribution in [0.25, 0.3) is 10.1 Å². The highest BCUT2D eigenvalue weighted by Crippen LogP contribution is 2.37. The summed E-state index contributed by atoms with van der Waals surface area (Å²) in [5.41, 5.74) is 3.44. The second-order valence-corrected chi connectivity index (χ2v) is 8.98. The lowest BCUT2D eigenvalue weighted by atomic mass is 10.2. The van der Waals surface area contributed by atoms with Gasteiger partial charge in [0.05, 0.1) is 11.2 Å². The van der Waals surface area contributed by atoms with Gasteiger partial charge in [-0.05, 0) is 47.8 Å². The van der Waals surface area contributed by atoms with Crippen LogP contribution in [0.15, 0.2) is 65.1 Å². The molecular formula is C21H13Cl2N3O2S2. The van der Waals surface area contributed by atoms with Crippen molar-refractivity contribution in [2.24, 2.45) is 5.10 Å². The first-order valence-corrected chi connectivity index (χ1v) is 11.1. The number of hydrogen-bond donors (Lipinski definition) is 2. The molecule has 30 heavy (non-hydrogen) atoms. The first kappa shape index (κ1) is 20.6. The van der Waals surface area contributed by atoms with Crippen LogP contribution in [0.3, 0.4) is 0 Å². The van der Waals surface area contributed by atoms with E-state index in [2.05, 4.69) is 15.8 Å². The molecule has 0 spiro atoms. The molecule has 0 aliphatic carbocycles. The van der Waals surface area contributed by atoms with Gasteiger partial charge < -0.3 is 5.32 Å². The van der Waals surface area contributed by atoms with Crippen LogP contribution in [-0.2, 0) is 0 Å². The van der Waals surface area contributed by atoms with Gasteiger partial charge in [-0.1, -0.05) is 35.3 Å². The molecule has 0 radical (unpaired) electrons. The molecule has 2 aromatic heterocycles. The van der Waals surface area contributed by atoms with Crippen LogP contribution in [0.5, 0.6) is 0 Å². The number of rotatable bonds is 5. The van der Waals surface area contributed by atoms with E-state index in [4.69, 9.17) is 23.2 Å². The number of fused-ring (bicyclic) bond motifs is 1. The van der Waals surface area contributed by atoms with Gasteiger partial charge in [-0.3, -0.25) is 9.59 Å². The van der Waals surface area contributed by atoms with E-state index >= 15 is 0 Å².